The Balaban J connectivity index is 1.28. The largest absolute Gasteiger partial charge is 0.470 e. The Morgan fingerprint density at radius 1 is 0.456 bits per heavy atom. The highest BCUT2D eigenvalue weighted by atomic mass is 16.5. The predicted molar refractivity (Wildman–Crippen MR) is 292 cm³/mol. The van der Waals surface area contributed by atoms with Gasteiger partial charge in [-0.2, -0.15) is 0 Å². The fraction of sp³-hybridized carbons (Fsp3) is 0.531. The molecule has 0 bridgehead atoms. The average molecular weight is 905 g/mol. The summed E-state index contributed by atoms with van der Waals surface area (Å²) in [5.41, 5.74) is 22.9. The highest BCUT2D eigenvalue weighted by Crippen LogP contribution is 2.57. The molecule has 0 N–H and O–H groups in total. The topological polar surface area (TPSA) is 15.7 Å². The van der Waals surface area contributed by atoms with Crippen molar-refractivity contribution in [2.24, 2.45) is 0 Å². The van der Waals surface area contributed by atoms with E-state index in [1.807, 2.05) is 0 Å². The van der Waals surface area contributed by atoms with Crippen LogP contribution >= 0.6 is 0 Å². The molecule has 11 rings (SSSR count). The van der Waals surface area contributed by atoms with Crippen molar-refractivity contribution in [3.63, 3.8) is 0 Å². The summed E-state index contributed by atoms with van der Waals surface area (Å²) in [5, 5.41) is 0. The van der Waals surface area contributed by atoms with Gasteiger partial charge in [-0.3, -0.25) is 0 Å². The summed E-state index contributed by atoms with van der Waals surface area (Å²) in [5.74, 6) is 1.09. The molecule has 5 aromatic rings. The Kier molecular flexibility index (Phi) is 9.55. The zero-order valence-corrected chi connectivity index (χ0v) is 45.3. The molecule has 68 heavy (non-hydrogen) atoms. The molecule has 6 aliphatic rings. The molecular weight excluding hydrogens is 824 g/mol. The minimum absolute atomic E-state index is 0.00618. The van der Waals surface area contributed by atoms with Crippen LogP contribution in [0, 0.1) is 0 Å². The van der Waals surface area contributed by atoms with Gasteiger partial charge < -0.3 is 14.5 Å². The van der Waals surface area contributed by atoms with Gasteiger partial charge in [-0.15, -0.1) is 0 Å². The number of nitrogens with zero attached hydrogens (tertiary/aromatic N) is 2. The molecule has 3 aliphatic carbocycles. The van der Waals surface area contributed by atoms with Crippen molar-refractivity contribution in [1.82, 2.24) is 0 Å². The fourth-order valence-electron chi connectivity index (χ4n) is 13.9. The lowest BCUT2D eigenvalue weighted by molar-refractivity contribution is 0.231. The van der Waals surface area contributed by atoms with Crippen LogP contribution in [0.3, 0.4) is 0 Å². The van der Waals surface area contributed by atoms with Crippen LogP contribution in [-0.2, 0) is 43.3 Å². The highest BCUT2D eigenvalue weighted by molar-refractivity contribution is 6.91. The van der Waals surface area contributed by atoms with Crippen molar-refractivity contribution in [3.8, 4) is 5.75 Å². The fourth-order valence-corrected chi connectivity index (χ4v) is 13.9. The summed E-state index contributed by atoms with van der Waals surface area (Å²) in [6, 6.07) is 32.9. The molecule has 3 aliphatic heterocycles. The van der Waals surface area contributed by atoms with E-state index in [1.165, 1.54) is 128 Å². The lowest BCUT2D eigenvalue weighted by Gasteiger charge is -2.50. The smallest absolute Gasteiger partial charge is 0.231 e. The van der Waals surface area contributed by atoms with Gasteiger partial charge in [0.05, 0.1) is 0 Å². The number of rotatable bonds is 2. The van der Waals surface area contributed by atoms with Gasteiger partial charge in [-0.25, -0.2) is 0 Å². The molecule has 0 saturated heterocycles. The van der Waals surface area contributed by atoms with Crippen LogP contribution in [0.2, 0.25) is 0 Å². The summed E-state index contributed by atoms with van der Waals surface area (Å²) in [6.45, 7) is 44.1. The second kappa shape index (κ2) is 14.1. The molecule has 3 nitrogen and oxygen atoms in total. The highest BCUT2D eigenvalue weighted by Gasteiger charge is 2.57. The average Bonchev–Trinajstić information content (AvgIpc) is 3.63. The maximum absolute atomic E-state index is 7.59. The van der Waals surface area contributed by atoms with Crippen LogP contribution in [0.5, 0.6) is 5.75 Å². The molecule has 0 radical (unpaired) electrons. The molecule has 5 aromatic carbocycles. The number of benzene rings is 5. The quantitative estimate of drug-likeness (QED) is 0.164. The Morgan fingerprint density at radius 2 is 0.912 bits per heavy atom. The van der Waals surface area contributed by atoms with Crippen LogP contribution in [0.4, 0.5) is 28.4 Å². The second-order valence-electron chi connectivity index (χ2n) is 28.6. The Labute approximate surface area is 411 Å². The standard InChI is InChI=1S/C64H81BN2O/c1-57(2,3)38-19-24-53-42(31-38)54-56(68-53)67(41-21-23-44-46(35-41)62(13,14)28-26-60(44,9)10)52-33-39(58(4,5)6)32-51-55(52)65(54)49-36-47-48(64(17,18)30-29-63(47,15)16)37-50(49)66(51)40-20-22-43-45(34-40)61(11,12)27-25-59(43,7)8/h19-24,31-37,54,56H,25-30H2,1-18H3. The molecule has 0 fully saturated rings. The van der Waals surface area contributed by atoms with Crippen molar-refractivity contribution in [2.45, 2.75) is 219 Å². The molecule has 0 amide bonds. The Morgan fingerprint density at radius 3 is 1.44 bits per heavy atom. The predicted octanol–water partition coefficient (Wildman–Crippen LogP) is 15.9. The number of fused-ring (bicyclic) bond motifs is 9. The van der Waals surface area contributed by atoms with Gasteiger partial charge in [-0.1, -0.05) is 155 Å². The van der Waals surface area contributed by atoms with Gasteiger partial charge in [-0.05, 0) is 191 Å². The minimum Gasteiger partial charge on any atom is -0.470 e. The van der Waals surface area contributed by atoms with E-state index in [1.54, 1.807) is 0 Å². The lowest BCUT2D eigenvalue weighted by Crippen LogP contribution is -2.63. The van der Waals surface area contributed by atoms with Crippen molar-refractivity contribution in [3.05, 3.63) is 129 Å². The van der Waals surface area contributed by atoms with Crippen LogP contribution in [0.1, 0.15) is 219 Å². The van der Waals surface area contributed by atoms with E-state index in [2.05, 4.69) is 213 Å². The van der Waals surface area contributed by atoms with Crippen LogP contribution in [-0.4, -0.2) is 12.9 Å². The van der Waals surface area contributed by atoms with Crippen LogP contribution in [0.25, 0.3) is 0 Å². The summed E-state index contributed by atoms with van der Waals surface area (Å²) in [4.78, 5) is 5.42. The molecule has 0 spiro atoms. The van der Waals surface area contributed by atoms with Crippen molar-refractivity contribution in [1.29, 1.82) is 0 Å². The van der Waals surface area contributed by atoms with E-state index in [4.69, 9.17) is 4.74 Å². The van der Waals surface area contributed by atoms with Crippen molar-refractivity contribution in [2.75, 3.05) is 9.80 Å². The first-order valence-corrected chi connectivity index (χ1v) is 26.5. The Hall–Kier alpha value is -4.44. The maximum atomic E-state index is 7.59. The van der Waals surface area contributed by atoms with E-state index in [0.29, 0.717) is 0 Å². The number of anilines is 5. The van der Waals surface area contributed by atoms with Gasteiger partial charge in [0.2, 0.25) is 6.71 Å². The molecule has 2 unspecified atom stereocenters. The molecule has 2 atom stereocenters. The first-order valence-electron chi connectivity index (χ1n) is 26.5. The van der Waals surface area contributed by atoms with E-state index >= 15 is 0 Å². The second-order valence-corrected chi connectivity index (χ2v) is 28.6. The normalized spacial score (nSPS) is 23.8. The number of hydrogen-bond acceptors (Lipinski definition) is 3. The summed E-state index contributed by atoms with van der Waals surface area (Å²) in [6.07, 6.45) is 6.89. The van der Waals surface area contributed by atoms with E-state index < -0.39 is 0 Å². The summed E-state index contributed by atoms with van der Waals surface area (Å²) >= 11 is 0. The minimum atomic E-state index is -0.231. The number of ether oxygens (including phenoxy) is 1. The van der Waals surface area contributed by atoms with Crippen molar-refractivity contribution >= 4 is 46.1 Å². The molecular formula is C64H81BN2O. The van der Waals surface area contributed by atoms with Gasteiger partial charge >= 0.3 is 0 Å². The summed E-state index contributed by atoms with van der Waals surface area (Å²) < 4.78 is 7.59. The first kappa shape index (κ1) is 46.0. The Bertz CT molecular complexity index is 2950. The van der Waals surface area contributed by atoms with Gasteiger partial charge in [0.15, 0.2) is 6.23 Å². The van der Waals surface area contributed by atoms with Gasteiger partial charge in [0, 0.05) is 34.3 Å². The van der Waals surface area contributed by atoms with Crippen LogP contribution < -0.4 is 25.5 Å². The lowest BCUT2D eigenvalue weighted by atomic mass is 9.29. The van der Waals surface area contributed by atoms with Gasteiger partial charge in [0.1, 0.15) is 5.75 Å². The third-order valence-electron chi connectivity index (χ3n) is 19.0. The van der Waals surface area contributed by atoms with E-state index in [9.17, 15) is 0 Å². The third-order valence-corrected chi connectivity index (χ3v) is 19.0. The monoisotopic (exact) mass is 905 g/mol. The third kappa shape index (κ3) is 6.70. The van der Waals surface area contributed by atoms with E-state index in [-0.39, 0.29) is 62.1 Å². The number of hydrogen-bond donors (Lipinski definition) is 0. The van der Waals surface area contributed by atoms with Gasteiger partial charge in [0.25, 0.3) is 0 Å². The molecule has 0 saturated carbocycles. The zero-order valence-electron chi connectivity index (χ0n) is 45.3. The zero-order chi connectivity index (χ0) is 48.8. The summed E-state index contributed by atoms with van der Waals surface area (Å²) in [7, 11) is 0. The molecule has 0 aromatic heterocycles. The molecule has 3 heterocycles. The molecule has 4 heteroatoms. The van der Waals surface area contributed by atoms with Crippen LogP contribution in [0.15, 0.2) is 78.9 Å². The first-order chi connectivity index (χ1) is 31.4. The molecule has 356 valence electrons. The SMILES string of the molecule is CC(C)(C)c1ccc2c(c1)C1B3c4cc5c(cc4N(c4ccc6c(c4)C(C)(C)CCC6(C)C)c4cc(C(C)(C)C)cc(c43)N(c3ccc4c(c3)C(C)(C)CCC4(C)C)C1O2)C(C)(C)CCC5(C)C. The van der Waals surface area contributed by atoms with E-state index in [0.717, 1.165) is 5.75 Å². The maximum Gasteiger partial charge on any atom is 0.231 e. The van der Waals surface area contributed by atoms with Crippen molar-refractivity contribution < 1.29 is 4.74 Å².